The van der Waals surface area contributed by atoms with E-state index in [1.165, 1.54) is 6.20 Å². The summed E-state index contributed by atoms with van der Waals surface area (Å²) in [4.78, 5) is 11.3. The van der Waals surface area contributed by atoms with Crippen LogP contribution in [0.5, 0.6) is 5.75 Å². The molecule has 0 spiro atoms. The number of nitrogens with one attached hydrogen (secondary N) is 1. The minimum absolute atomic E-state index is 0.210. The van der Waals surface area contributed by atoms with Gasteiger partial charge in [-0.05, 0) is 29.8 Å². The Morgan fingerprint density at radius 1 is 1.10 bits per heavy atom. The molecule has 0 unspecified atom stereocenters. The lowest BCUT2D eigenvalue weighted by atomic mass is 10.1. The second kappa shape index (κ2) is 6.43. The lowest BCUT2D eigenvalue weighted by Crippen LogP contribution is -2.02. The highest BCUT2D eigenvalue weighted by Crippen LogP contribution is 2.18. The van der Waals surface area contributed by atoms with Crippen molar-refractivity contribution in [1.82, 2.24) is 0 Å². The van der Waals surface area contributed by atoms with Crippen LogP contribution in [0, 0.1) is 0 Å². The van der Waals surface area contributed by atoms with Crippen molar-refractivity contribution in [2.45, 2.75) is 0 Å². The third-order valence-corrected chi connectivity index (χ3v) is 2.79. The number of carboxylic acids is 1. The average molecular weight is 269 g/mol. The lowest BCUT2D eigenvalue weighted by Gasteiger charge is -2.06. The van der Waals surface area contributed by atoms with Gasteiger partial charge in [-0.1, -0.05) is 30.3 Å². The number of benzene rings is 2. The third kappa shape index (κ3) is 3.38. The van der Waals surface area contributed by atoms with Gasteiger partial charge >= 0.3 is 5.97 Å². The molecule has 0 bridgehead atoms. The molecule has 0 aliphatic carbocycles. The molecule has 4 nitrogen and oxygen atoms in total. The predicted molar refractivity (Wildman–Crippen MR) is 78.7 cm³/mol. The SMILES string of the molecule is COc1ccc(NC=C(C(=O)O)c2ccccc2)cc1. The van der Waals surface area contributed by atoms with Crippen LogP contribution in [0.1, 0.15) is 5.56 Å². The topological polar surface area (TPSA) is 58.6 Å². The Bertz CT molecular complexity index is 603. The van der Waals surface area contributed by atoms with E-state index in [0.717, 1.165) is 11.4 Å². The van der Waals surface area contributed by atoms with E-state index in [4.69, 9.17) is 4.74 Å². The van der Waals surface area contributed by atoms with E-state index in [0.29, 0.717) is 5.56 Å². The van der Waals surface area contributed by atoms with Gasteiger partial charge in [0.15, 0.2) is 0 Å². The second-order valence-corrected chi connectivity index (χ2v) is 4.10. The summed E-state index contributed by atoms with van der Waals surface area (Å²) in [6.07, 6.45) is 1.49. The summed E-state index contributed by atoms with van der Waals surface area (Å²) in [5, 5.41) is 12.2. The molecule has 2 rings (SSSR count). The van der Waals surface area contributed by atoms with Gasteiger partial charge in [-0.15, -0.1) is 0 Å². The molecule has 0 radical (unpaired) electrons. The van der Waals surface area contributed by atoms with E-state index in [-0.39, 0.29) is 5.57 Å². The van der Waals surface area contributed by atoms with Crippen LogP contribution in [0.15, 0.2) is 60.8 Å². The summed E-state index contributed by atoms with van der Waals surface area (Å²) < 4.78 is 5.07. The van der Waals surface area contributed by atoms with Gasteiger partial charge in [-0.3, -0.25) is 0 Å². The van der Waals surface area contributed by atoms with Crippen molar-refractivity contribution in [2.24, 2.45) is 0 Å². The van der Waals surface area contributed by atoms with Crippen LogP contribution in [0.2, 0.25) is 0 Å². The Morgan fingerprint density at radius 3 is 2.30 bits per heavy atom. The van der Waals surface area contributed by atoms with Gasteiger partial charge in [0.2, 0.25) is 0 Å². The highest BCUT2D eigenvalue weighted by Gasteiger charge is 2.09. The van der Waals surface area contributed by atoms with Crippen molar-refractivity contribution in [3.8, 4) is 5.75 Å². The van der Waals surface area contributed by atoms with Crippen LogP contribution >= 0.6 is 0 Å². The number of rotatable bonds is 5. The molecule has 0 saturated carbocycles. The van der Waals surface area contributed by atoms with Gasteiger partial charge in [-0.2, -0.15) is 0 Å². The maximum Gasteiger partial charge on any atom is 0.337 e. The summed E-state index contributed by atoms with van der Waals surface area (Å²) >= 11 is 0. The molecule has 102 valence electrons. The zero-order chi connectivity index (χ0) is 14.4. The van der Waals surface area contributed by atoms with E-state index in [2.05, 4.69) is 5.32 Å². The lowest BCUT2D eigenvalue weighted by molar-refractivity contribution is -0.130. The maximum atomic E-state index is 11.3. The first-order valence-electron chi connectivity index (χ1n) is 6.10. The third-order valence-electron chi connectivity index (χ3n) is 2.79. The van der Waals surface area contributed by atoms with E-state index in [9.17, 15) is 9.90 Å². The summed E-state index contributed by atoms with van der Waals surface area (Å²) in [7, 11) is 1.60. The molecule has 0 aromatic heterocycles. The Kier molecular flexibility index (Phi) is 4.39. The molecule has 0 aliphatic rings. The van der Waals surface area contributed by atoms with Crippen molar-refractivity contribution in [1.29, 1.82) is 0 Å². The molecule has 2 aromatic carbocycles. The number of anilines is 1. The monoisotopic (exact) mass is 269 g/mol. The Hall–Kier alpha value is -2.75. The van der Waals surface area contributed by atoms with Crippen LogP contribution < -0.4 is 10.1 Å². The van der Waals surface area contributed by atoms with Crippen molar-refractivity contribution >= 4 is 17.2 Å². The fraction of sp³-hybridized carbons (Fsp3) is 0.0625. The first-order valence-corrected chi connectivity index (χ1v) is 6.10. The molecular weight excluding hydrogens is 254 g/mol. The number of carboxylic acid groups (broad SMARTS) is 1. The first kappa shape index (κ1) is 13.7. The molecule has 0 amide bonds. The quantitative estimate of drug-likeness (QED) is 0.818. The normalized spacial score (nSPS) is 10.9. The molecular formula is C16H15NO3. The first-order chi connectivity index (χ1) is 9.70. The molecule has 0 fully saturated rings. The molecule has 2 aromatic rings. The fourth-order valence-electron chi connectivity index (χ4n) is 1.73. The molecule has 0 atom stereocenters. The standard InChI is InChI=1S/C16H15NO3/c1-20-14-9-7-13(8-10-14)17-11-15(16(18)19)12-5-3-2-4-6-12/h2-11,17H,1H3,(H,18,19). The molecule has 20 heavy (non-hydrogen) atoms. The minimum atomic E-state index is -0.975. The zero-order valence-electron chi connectivity index (χ0n) is 11.0. The van der Waals surface area contributed by atoms with Crippen LogP contribution in [0.4, 0.5) is 5.69 Å². The summed E-state index contributed by atoms with van der Waals surface area (Å²) in [6, 6.07) is 16.2. The fourth-order valence-corrected chi connectivity index (χ4v) is 1.73. The molecule has 2 N–H and O–H groups in total. The van der Waals surface area contributed by atoms with E-state index < -0.39 is 5.97 Å². The smallest absolute Gasteiger partial charge is 0.337 e. The molecule has 0 aliphatic heterocycles. The largest absolute Gasteiger partial charge is 0.497 e. The van der Waals surface area contributed by atoms with E-state index in [1.807, 2.05) is 18.2 Å². The number of ether oxygens (including phenoxy) is 1. The molecule has 4 heteroatoms. The van der Waals surface area contributed by atoms with Crippen LogP contribution in [-0.4, -0.2) is 18.2 Å². The summed E-state index contributed by atoms with van der Waals surface area (Å²) in [6.45, 7) is 0. The predicted octanol–water partition coefficient (Wildman–Crippen LogP) is 3.23. The van der Waals surface area contributed by atoms with Crippen molar-refractivity contribution in [2.75, 3.05) is 12.4 Å². The van der Waals surface area contributed by atoms with Crippen LogP contribution in [-0.2, 0) is 4.79 Å². The summed E-state index contributed by atoms with van der Waals surface area (Å²) in [5.41, 5.74) is 1.66. The van der Waals surface area contributed by atoms with Gasteiger partial charge in [0, 0.05) is 11.9 Å². The number of methoxy groups -OCH3 is 1. The Labute approximate surface area is 117 Å². The van der Waals surface area contributed by atoms with Crippen LogP contribution in [0.3, 0.4) is 0 Å². The maximum absolute atomic E-state index is 11.3. The van der Waals surface area contributed by atoms with E-state index >= 15 is 0 Å². The van der Waals surface area contributed by atoms with Crippen LogP contribution in [0.25, 0.3) is 5.57 Å². The Morgan fingerprint density at radius 2 is 1.75 bits per heavy atom. The number of carbonyl (C=O) groups is 1. The van der Waals surface area contributed by atoms with Crippen molar-refractivity contribution in [3.63, 3.8) is 0 Å². The highest BCUT2D eigenvalue weighted by atomic mass is 16.5. The summed E-state index contributed by atoms with van der Waals surface area (Å²) in [5.74, 6) is -0.224. The highest BCUT2D eigenvalue weighted by molar-refractivity contribution is 6.15. The van der Waals surface area contributed by atoms with Gasteiger partial charge in [0.05, 0.1) is 12.7 Å². The number of aliphatic carboxylic acids is 1. The molecule has 0 saturated heterocycles. The van der Waals surface area contributed by atoms with Gasteiger partial charge in [-0.25, -0.2) is 4.79 Å². The molecule has 0 heterocycles. The number of hydrogen-bond donors (Lipinski definition) is 2. The van der Waals surface area contributed by atoms with Crippen molar-refractivity contribution in [3.05, 3.63) is 66.4 Å². The van der Waals surface area contributed by atoms with Gasteiger partial charge < -0.3 is 15.2 Å². The van der Waals surface area contributed by atoms with Gasteiger partial charge in [0.25, 0.3) is 0 Å². The van der Waals surface area contributed by atoms with Gasteiger partial charge in [0.1, 0.15) is 5.75 Å². The Balaban J connectivity index is 2.19. The zero-order valence-corrected chi connectivity index (χ0v) is 11.0. The van der Waals surface area contributed by atoms with E-state index in [1.54, 1.807) is 43.5 Å². The second-order valence-electron chi connectivity index (χ2n) is 4.10. The minimum Gasteiger partial charge on any atom is -0.497 e. The van der Waals surface area contributed by atoms with Crippen molar-refractivity contribution < 1.29 is 14.6 Å². The average Bonchev–Trinajstić information content (AvgIpc) is 2.49. The number of hydrogen-bond acceptors (Lipinski definition) is 3.